The molecule has 0 aromatic carbocycles. The predicted octanol–water partition coefficient (Wildman–Crippen LogP) is 4.36. The minimum absolute atomic E-state index is 0.583. The van der Waals surface area contributed by atoms with Gasteiger partial charge in [0.2, 0.25) is 7.59 Å². The van der Waals surface area contributed by atoms with Crippen molar-refractivity contribution in [1.82, 2.24) is 20.4 Å². The maximum Gasteiger partial charge on any atom is 0.317 e. The Hall–Kier alpha value is 0.930. The molecule has 0 spiro atoms. The van der Waals surface area contributed by atoms with Gasteiger partial charge in [-0.25, -0.2) is 4.79 Å². The molecular weight excluding hydrogens is 441 g/mol. The van der Waals surface area contributed by atoms with Gasteiger partial charge < -0.3 is 10.6 Å². The third kappa shape index (κ3) is 8.09. The van der Waals surface area contributed by atoms with E-state index in [1.54, 1.807) is 9.80 Å². The monoisotopic (exact) mass is 462 g/mol. The lowest BCUT2D eigenvalue weighted by Gasteiger charge is -2.38. The second-order valence-corrected chi connectivity index (χ2v) is 9.69. The van der Waals surface area contributed by atoms with E-state index in [1.807, 2.05) is 27.7 Å². The van der Waals surface area contributed by atoms with Gasteiger partial charge in [-0.1, -0.05) is 97.3 Å². The van der Waals surface area contributed by atoms with E-state index < -0.39 is 25.9 Å². The molecule has 0 aliphatic carbocycles. The highest BCUT2D eigenvalue weighted by Crippen LogP contribution is 2.33. The number of hydrogen-bond donors (Lipinski definition) is 2. The molecule has 11 heteroatoms. The van der Waals surface area contributed by atoms with Gasteiger partial charge in [0.25, 0.3) is 0 Å². The predicted molar refractivity (Wildman–Crippen MR) is 106 cm³/mol. The molecule has 0 saturated carbocycles. The molecule has 0 unspecified atom stereocenters. The Balaban J connectivity index is 5.22. The summed E-state index contributed by atoms with van der Waals surface area (Å²) in [5.41, 5.74) is 0. The summed E-state index contributed by atoms with van der Waals surface area (Å²) in [4.78, 5) is 16.0. The summed E-state index contributed by atoms with van der Waals surface area (Å²) in [7, 11) is 0. The molecule has 0 rings (SSSR count). The molecule has 2 atom stereocenters. The Morgan fingerprint density at radius 3 is 1.17 bits per heavy atom. The Morgan fingerprint density at radius 2 is 1.00 bits per heavy atom. The Morgan fingerprint density at radius 1 is 0.750 bits per heavy atom. The first-order valence-corrected chi connectivity index (χ1v) is 9.87. The van der Waals surface area contributed by atoms with Gasteiger partial charge in [-0.15, -0.1) is 0 Å². The van der Waals surface area contributed by atoms with Crippen LogP contribution in [0.5, 0.6) is 0 Å². The third-order valence-electron chi connectivity index (χ3n) is 3.51. The molecule has 0 aliphatic heterocycles. The SMILES string of the molecule is CCN(CC)[C@H](NC(=O)N[C@@H](N(CC)CC)C(Cl)(Cl)Cl)C(Cl)(Cl)Cl. The summed E-state index contributed by atoms with van der Waals surface area (Å²) in [6.45, 7) is 9.91. The number of rotatable bonds is 8. The van der Waals surface area contributed by atoms with Crippen LogP contribution in [0.4, 0.5) is 4.79 Å². The number of halogens is 6. The van der Waals surface area contributed by atoms with Crippen molar-refractivity contribution in [1.29, 1.82) is 0 Å². The highest BCUT2D eigenvalue weighted by Gasteiger charge is 2.40. The van der Waals surface area contributed by atoms with E-state index in [4.69, 9.17) is 69.6 Å². The first-order chi connectivity index (χ1) is 10.9. The number of carbonyl (C=O) groups excluding carboxylic acids is 1. The zero-order valence-electron chi connectivity index (χ0n) is 14.1. The van der Waals surface area contributed by atoms with Crippen LogP contribution in [0.15, 0.2) is 0 Å². The molecule has 0 aromatic rings. The second-order valence-electron chi connectivity index (χ2n) is 4.95. The molecule has 0 aromatic heterocycles. The summed E-state index contributed by atoms with van der Waals surface area (Å²) >= 11 is 36.0. The Labute approximate surface area is 174 Å². The van der Waals surface area contributed by atoms with E-state index in [9.17, 15) is 4.79 Å². The van der Waals surface area contributed by atoms with Gasteiger partial charge in [0, 0.05) is 0 Å². The zero-order chi connectivity index (χ0) is 19.1. The number of alkyl halides is 6. The standard InChI is InChI=1S/C13H24Cl6N4O/c1-5-22(6-2)9(12(14,15)16)20-11(24)21-10(13(17,18)19)23(7-3)8-4/h9-10H,5-8H2,1-4H3,(H2,20,21,24)/t9-,10-/m0/s1. The number of amides is 2. The van der Waals surface area contributed by atoms with Crippen LogP contribution < -0.4 is 10.6 Å². The average Bonchev–Trinajstić information content (AvgIpc) is 2.45. The second kappa shape index (κ2) is 10.9. The molecule has 0 saturated heterocycles. The average molecular weight is 465 g/mol. The van der Waals surface area contributed by atoms with Gasteiger partial charge in [0.05, 0.1) is 0 Å². The third-order valence-corrected chi connectivity index (χ3v) is 4.75. The number of urea groups is 1. The van der Waals surface area contributed by atoms with Crippen molar-refractivity contribution >= 4 is 75.6 Å². The van der Waals surface area contributed by atoms with E-state index in [0.29, 0.717) is 26.2 Å². The molecule has 2 N–H and O–H groups in total. The van der Waals surface area contributed by atoms with Crippen LogP contribution in [0.2, 0.25) is 0 Å². The maximum atomic E-state index is 12.4. The lowest BCUT2D eigenvalue weighted by Crippen LogP contribution is -2.62. The highest BCUT2D eigenvalue weighted by molar-refractivity contribution is 6.68. The fourth-order valence-electron chi connectivity index (χ4n) is 2.23. The number of carbonyl (C=O) groups is 1. The molecule has 0 bridgehead atoms. The topological polar surface area (TPSA) is 47.6 Å². The van der Waals surface area contributed by atoms with Crippen LogP contribution in [0.1, 0.15) is 27.7 Å². The van der Waals surface area contributed by atoms with Gasteiger partial charge in [-0.05, 0) is 26.2 Å². The van der Waals surface area contributed by atoms with E-state index in [1.165, 1.54) is 0 Å². The van der Waals surface area contributed by atoms with Crippen molar-refractivity contribution in [3.8, 4) is 0 Å². The van der Waals surface area contributed by atoms with Crippen LogP contribution in [0.25, 0.3) is 0 Å². The quantitative estimate of drug-likeness (QED) is 0.414. The molecule has 0 heterocycles. The molecule has 0 radical (unpaired) electrons. The van der Waals surface area contributed by atoms with Gasteiger partial charge >= 0.3 is 6.03 Å². The summed E-state index contributed by atoms with van der Waals surface area (Å²) < 4.78 is -3.43. The van der Waals surface area contributed by atoms with Crippen molar-refractivity contribution < 1.29 is 4.79 Å². The van der Waals surface area contributed by atoms with Crippen molar-refractivity contribution in [3.05, 3.63) is 0 Å². The Kier molecular flexibility index (Phi) is 11.4. The van der Waals surface area contributed by atoms with E-state index in [0.717, 1.165) is 0 Å². The molecule has 5 nitrogen and oxygen atoms in total. The summed E-state index contributed by atoms with van der Waals surface area (Å²) in [5, 5.41) is 5.28. The van der Waals surface area contributed by atoms with Crippen LogP contribution in [0, 0.1) is 0 Å². The fraction of sp³-hybridized carbons (Fsp3) is 0.923. The zero-order valence-corrected chi connectivity index (χ0v) is 18.6. The molecule has 0 fully saturated rings. The molecule has 0 aliphatic rings. The highest BCUT2D eigenvalue weighted by atomic mass is 35.6. The van der Waals surface area contributed by atoms with E-state index in [2.05, 4.69) is 10.6 Å². The van der Waals surface area contributed by atoms with Crippen molar-refractivity contribution in [3.63, 3.8) is 0 Å². The molecule has 2 amide bonds. The largest absolute Gasteiger partial charge is 0.318 e. The molecule has 24 heavy (non-hydrogen) atoms. The van der Waals surface area contributed by atoms with Gasteiger partial charge in [0.15, 0.2) is 0 Å². The minimum Gasteiger partial charge on any atom is -0.318 e. The number of hydrogen-bond acceptors (Lipinski definition) is 3. The van der Waals surface area contributed by atoms with Gasteiger partial charge in [-0.3, -0.25) is 9.80 Å². The summed E-state index contributed by atoms with van der Waals surface area (Å²) in [6, 6.07) is -0.596. The lowest BCUT2D eigenvalue weighted by atomic mass is 10.4. The number of nitrogens with zero attached hydrogens (tertiary/aromatic N) is 2. The molecule has 144 valence electrons. The van der Waals surface area contributed by atoms with Gasteiger partial charge in [0.1, 0.15) is 12.3 Å². The van der Waals surface area contributed by atoms with Crippen LogP contribution >= 0.6 is 69.6 Å². The minimum atomic E-state index is -1.71. The summed E-state index contributed by atoms with van der Waals surface area (Å²) in [5.74, 6) is 0. The normalized spacial score (nSPS) is 15.5. The first-order valence-electron chi connectivity index (χ1n) is 7.60. The van der Waals surface area contributed by atoms with Crippen LogP contribution in [-0.4, -0.2) is 61.9 Å². The van der Waals surface area contributed by atoms with Crippen LogP contribution in [0.3, 0.4) is 0 Å². The lowest BCUT2D eigenvalue weighted by molar-refractivity contribution is 0.156. The van der Waals surface area contributed by atoms with Crippen molar-refractivity contribution in [2.24, 2.45) is 0 Å². The smallest absolute Gasteiger partial charge is 0.317 e. The van der Waals surface area contributed by atoms with Crippen molar-refractivity contribution in [2.45, 2.75) is 47.6 Å². The number of nitrogens with one attached hydrogen (secondary N) is 2. The molecular formula is C13H24Cl6N4O. The van der Waals surface area contributed by atoms with Crippen molar-refractivity contribution in [2.75, 3.05) is 26.2 Å². The van der Waals surface area contributed by atoms with E-state index in [-0.39, 0.29) is 0 Å². The first kappa shape index (κ1) is 24.9. The van der Waals surface area contributed by atoms with Crippen LogP contribution in [-0.2, 0) is 0 Å². The Bertz CT molecular complexity index is 346. The van der Waals surface area contributed by atoms with Gasteiger partial charge in [-0.2, -0.15) is 0 Å². The fourth-order valence-corrected chi connectivity index (χ4v) is 3.38. The van der Waals surface area contributed by atoms with E-state index >= 15 is 0 Å². The summed E-state index contributed by atoms with van der Waals surface area (Å²) in [6.07, 6.45) is -1.66. The maximum absolute atomic E-state index is 12.4.